The number of aromatic hydroxyl groups is 1. The SMILES string of the molecule is Cc1c(Cl)cc(NC(=O)COc2ccc(CC(C)(C)C)cc2CC(C)(C)C)c(O)c1Cl. The molecule has 0 aliphatic rings. The maximum Gasteiger partial charge on any atom is 0.262 e. The van der Waals surface area contributed by atoms with E-state index in [1.807, 2.05) is 6.07 Å². The van der Waals surface area contributed by atoms with Crippen LogP contribution in [0.4, 0.5) is 5.69 Å². The third-order valence-electron chi connectivity index (χ3n) is 4.63. The monoisotopic (exact) mass is 465 g/mol. The van der Waals surface area contributed by atoms with Gasteiger partial charge in [-0.15, -0.1) is 0 Å². The van der Waals surface area contributed by atoms with Gasteiger partial charge in [-0.25, -0.2) is 0 Å². The van der Waals surface area contributed by atoms with Crippen LogP contribution in [0.25, 0.3) is 0 Å². The minimum Gasteiger partial charge on any atom is -0.504 e. The van der Waals surface area contributed by atoms with Crippen LogP contribution >= 0.6 is 23.2 Å². The third kappa shape index (κ3) is 7.62. The van der Waals surface area contributed by atoms with Gasteiger partial charge in [0.25, 0.3) is 5.91 Å². The van der Waals surface area contributed by atoms with E-state index in [0.29, 0.717) is 16.3 Å². The van der Waals surface area contributed by atoms with Gasteiger partial charge in [0.1, 0.15) is 5.75 Å². The van der Waals surface area contributed by atoms with Gasteiger partial charge in [-0.1, -0.05) is 76.9 Å². The number of carbonyl (C=O) groups is 1. The summed E-state index contributed by atoms with van der Waals surface area (Å²) in [5, 5.41) is 13.3. The van der Waals surface area contributed by atoms with Crippen LogP contribution in [0.2, 0.25) is 10.0 Å². The van der Waals surface area contributed by atoms with Gasteiger partial charge in [-0.2, -0.15) is 0 Å². The smallest absolute Gasteiger partial charge is 0.262 e. The fraction of sp³-hybridized carbons (Fsp3) is 0.480. The molecular weight excluding hydrogens is 433 g/mol. The number of hydrogen-bond acceptors (Lipinski definition) is 3. The molecule has 6 heteroatoms. The lowest BCUT2D eigenvalue weighted by atomic mass is 9.84. The normalized spacial score (nSPS) is 12.0. The van der Waals surface area contributed by atoms with Crippen molar-refractivity contribution in [3.8, 4) is 11.5 Å². The minimum absolute atomic E-state index is 0.0713. The molecule has 0 heterocycles. The Balaban J connectivity index is 2.17. The molecule has 2 N–H and O–H groups in total. The molecular formula is C25H33Cl2NO3. The molecule has 0 spiro atoms. The highest BCUT2D eigenvalue weighted by Crippen LogP contribution is 2.38. The van der Waals surface area contributed by atoms with Crippen LogP contribution in [0.15, 0.2) is 24.3 Å². The van der Waals surface area contributed by atoms with Gasteiger partial charge in [0.2, 0.25) is 0 Å². The van der Waals surface area contributed by atoms with E-state index >= 15 is 0 Å². The Morgan fingerprint density at radius 2 is 1.65 bits per heavy atom. The number of phenolic OH excluding ortho intramolecular Hbond substituents is 1. The van der Waals surface area contributed by atoms with E-state index in [0.717, 1.165) is 18.4 Å². The number of amides is 1. The Morgan fingerprint density at radius 3 is 2.23 bits per heavy atom. The molecule has 31 heavy (non-hydrogen) atoms. The Kier molecular flexibility index (Phi) is 7.94. The summed E-state index contributed by atoms with van der Waals surface area (Å²) in [5.74, 6) is 0.0653. The van der Waals surface area contributed by atoms with Crippen molar-refractivity contribution in [3.05, 3.63) is 51.0 Å². The molecule has 2 aromatic rings. The van der Waals surface area contributed by atoms with E-state index in [1.165, 1.54) is 11.6 Å². The van der Waals surface area contributed by atoms with Crippen molar-refractivity contribution < 1.29 is 14.6 Å². The summed E-state index contributed by atoms with van der Waals surface area (Å²) >= 11 is 12.2. The molecule has 4 nitrogen and oxygen atoms in total. The summed E-state index contributed by atoms with van der Waals surface area (Å²) in [6.45, 7) is 14.7. The van der Waals surface area contributed by atoms with Gasteiger partial charge in [0.15, 0.2) is 12.4 Å². The summed E-state index contributed by atoms with van der Waals surface area (Å²) < 4.78 is 5.87. The van der Waals surface area contributed by atoms with Crippen LogP contribution in [-0.2, 0) is 17.6 Å². The number of hydrogen-bond donors (Lipinski definition) is 2. The molecule has 2 rings (SSSR count). The summed E-state index contributed by atoms with van der Waals surface area (Å²) in [4.78, 5) is 12.5. The van der Waals surface area contributed by atoms with Crippen LogP contribution in [-0.4, -0.2) is 17.6 Å². The van der Waals surface area contributed by atoms with E-state index in [9.17, 15) is 9.90 Å². The van der Waals surface area contributed by atoms with Crippen LogP contribution in [0.3, 0.4) is 0 Å². The first kappa shape index (κ1) is 25.4. The van der Waals surface area contributed by atoms with Crippen LogP contribution < -0.4 is 10.1 Å². The van der Waals surface area contributed by atoms with Crippen LogP contribution in [0.1, 0.15) is 58.2 Å². The van der Waals surface area contributed by atoms with E-state index < -0.39 is 5.91 Å². The second-order valence-electron chi connectivity index (χ2n) is 10.4. The Morgan fingerprint density at radius 1 is 1.03 bits per heavy atom. The van der Waals surface area contributed by atoms with Crippen molar-refractivity contribution in [2.24, 2.45) is 10.8 Å². The van der Waals surface area contributed by atoms with Gasteiger partial charge < -0.3 is 15.2 Å². The number of halogens is 2. The number of rotatable bonds is 6. The van der Waals surface area contributed by atoms with Gasteiger partial charge >= 0.3 is 0 Å². The molecule has 0 aliphatic carbocycles. The van der Waals surface area contributed by atoms with E-state index in [4.69, 9.17) is 27.9 Å². The highest BCUT2D eigenvalue weighted by atomic mass is 35.5. The molecule has 0 aromatic heterocycles. The maximum absolute atomic E-state index is 12.5. The number of phenols is 1. The number of anilines is 1. The standard InChI is InChI=1S/C25H33Cl2NO3/c1-15-18(26)11-19(23(30)22(15)27)28-21(29)14-31-20-9-8-16(12-24(2,3)4)10-17(20)13-25(5,6)7/h8-11,30H,12-14H2,1-7H3,(H,28,29). The minimum atomic E-state index is -0.410. The average Bonchev–Trinajstić information content (AvgIpc) is 2.61. The zero-order valence-corrected chi connectivity index (χ0v) is 21.0. The van der Waals surface area contributed by atoms with Gasteiger partial charge in [-0.3, -0.25) is 4.79 Å². The second-order valence-corrected chi connectivity index (χ2v) is 11.2. The summed E-state index contributed by atoms with van der Waals surface area (Å²) in [5.41, 5.74) is 3.28. The molecule has 0 saturated heterocycles. The van der Waals surface area contributed by atoms with Crippen molar-refractivity contribution in [3.63, 3.8) is 0 Å². The summed E-state index contributed by atoms with van der Waals surface area (Å²) in [6, 6.07) is 7.64. The van der Waals surface area contributed by atoms with E-state index in [-0.39, 0.29) is 33.9 Å². The van der Waals surface area contributed by atoms with Crippen molar-refractivity contribution in [1.29, 1.82) is 0 Å². The first-order chi connectivity index (χ1) is 14.2. The lowest BCUT2D eigenvalue weighted by Gasteiger charge is -2.23. The molecule has 0 fully saturated rings. The van der Waals surface area contributed by atoms with Gasteiger partial charge in [0.05, 0.1) is 10.7 Å². The molecule has 0 aliphatic heterocycles. The quantitative estimate of drug-likeness (QED) is 0.443. The zero-order valence-electron chi connectivity index (χ0n) is 19.5. The summed E-state index contributed by atoms with van der Waals surface area (Å²) in [7, 11) is 0. The number of ether oxygens (including phenoxy) is 1. The Labute approximate surface area is 195 Å². The van der Waals surface area contributed by atoms with Crippen molar-refractivity contribution >= 4 is 34.8 Å². The highest BCUT2D eigenvalue weighted by molar-refractivity contribution is 6.37. The highest BCUT2D eigenvalue weighted by Gasteiger charge is 2.19. The first-order valence-electron chi connectivity index (χ1n) is 10.4. The molecule has 1 amide bonds. The molecule has 2 aromatic carbocycles. The summed E-state index contributed by atoms with van der Waals surface area (Å²) in [6.07, 6.45) is 1.78. The Hall–Kier alpha value is -1.91. The van der Waals surface area contributed by atoms with E-state index in [1.54, 1.807) is 6.92 Å². The average molecular weight is 466 g/mol. The fourth-order valence-corrected chi connectivity index (χ4v) is 3.79. The van der Waals surface area contributed by atoms with Crippen LogP contribution in [0.5, 0.6) is 11.5 Å². The zero-order chi connectivity index (χ0) is 23.6. The lowest BCUT2D eigenvalue weighted by Crippen LogP contribution is -2.21. The largest absolute Gasteiger partial charge is 0.504 e. The predicted octanol–water partition coefficient (Wildman–Crippen LogP) is 7.20. The number of carbonyl (C=O) groups excluding carboxylic acids is 1. The third-order valence-corrected chi connectivity index (χ3v) is 5.49. The van der Waals surface area contributed by atoms with Gasteiger partial charge in [-0.05, 0) is 59.4 Å². The van der Waals surface area contributed by atoms with E-state index in [2.05, 4.69) is 59.0 Å². The van der Waals surface area contributed by atoms with Crippen LogP contribution in [0, 0.1) is 17.8 Å². The molecule has 0 atom stereocenters. The molecule has 0 radical (unpaired) electrons. The Bertz CT molecular complexity index is 957. The predicted molar refractivity (Wildman–Crippen MR) is 130 cm³/mol. The lowest BCUT2D eigenvalue weighted by molar-refractivity contribution is -0.118. The van der Waals surface area contributed by atoms with Crippen molar-refractivity contribution in [2.75, 3.05) is 11.9 Å². The molecule has 0 unspecified atom stereocenters. The van der Waals surface area contributed by atoms with Crippen molar-refractivity contribution in [2.45, 2.75) is 61.3 Å². The topological polar surface area (TPSA) is 58.6 Å². The number of benzene rings is 2. The second kappa shape index (κ2) is 9.70. The molecule has 0 bridgehead atoms. The number of nitrogens with one attached hydrogen (secondary N) is 1. The molecule has 170 valence electrons. The first-order valence-corrected chi connectivity index (χ1v) is 11.1. The molecule has 0 saturated carbocycles. The van der Waals surface area contributed by atoms with Crippen molar-refractivity contribution in [1.82, 2.24) is 0 Å². The van der Waals surface area contributed by atoms with Gasteiger partial charge in [0, 0.05) is 5.02 Å². The maximum atomic E-state index is 12.5. The fourth-order valence-electron chi connectivity index (χ4n) is 3.33.